The molecule has 3 N–H and O–H groups in total. The average molecular weight is 368 g/mol. The summed E-state index contributed by atoms with van der Waals surface area (Å²) in [6.07, 6.45) is 1.36. The van der Waals surface area contributed by atoms with E-state index in [-0.39, 0.29) is 12.5 Å². The number of rotatable bonds is 7. The minimum absolute atomic E-state index is 0.124. The summed E-state index contributed by atoms with van der Waals surface area (Å²) < 4.78 is 5.45. The van der Waals surface area contributed by atoms with Crippen LogP contribution in [0.5, 0.6) is 5.75 Å². The summed E-state index contributed by atoms with van der Waals surface area (Å²) in [5.41, 5.74) is 3.73. The predicted molar refractivity (Wildman–Crippen MR) is 100 cm³/mol. The minimum Gasteiger partial charge on any atom is -0.484 e. The fourth-order valence-electron chi connectivity index (χ4n) is 2.01. The third-order valence-electron chi connectivity index (χ3n) is 3.37. The molecule has 0 fully saturated rings. The Kier molecular flexibility index (Phi) is 7.52. The van der Waals surface area contributed by atoms with Gasteiger partial charge in [0.2, 0.25) is 0 Å². The zero-order chi connectivity index (χ0) is 19.5. The van der Waals surface area contributed by atoms with Gasteiger partial charge in [-0.3, -0.25) is 14.4 Å². The molecular weight excluding hydrogens is 348 g/mol. The number of hydrogen-bond acceptors (Lipinski definition) is 5. The van der Waals surface area contributed by atoms with Gasteiger partial charge in [0, 0.05) is 13.6 Å². The van der Waals surface area contributed by atoms with Gasteiger partial charge in [-0.15, -0.1) is 0 Å². The third-order valence-corrected chi connectivity index (χ3v) is 3.37. The molecule has 0 unspecified atom stereocenters. The number of ether oxygens (including phenoxy) is 1. The number of hydrazone groups is 1. The van der Waals surface area contributed by atoms with Gasteiger partial charge in [0.05, 0.1) is 6.21 Å². The number of benzene rings is 2. The van der Waals surface area contributed by atoms with Crippen LogP contribution in [-0.4, -0.2) is 37.6 Å². The molecule has 3 amide bonds. The van der Waals surface area contributed by atoms with E-state index in [2.05, 4.69) is 21.2 Å². The number of carbonyl (C=O) groups is 3. The van der Waals surface area contributed by atoms with Gasteiger partial charge in [-0.25, -0.2) is 5.43 Å². The Bertz CT molecular complexity index is 821. The smallest absolute Gasteiger partial charge is 0.329 e. The van der Waals surface area contributed by atoms with Gasteiger partial charge in [-0.05, 0) is 23.3 Å². The molecule has 140 valence electrons. The van der Waals surface area contributed by atoms with Gasteiger partial charge in [0.1, 0.15) is 5.75 Å². The lowest BCUT2D eigenvalue weighted by molar-refractivity contribution is -0.138. The molecule has 27 heavy (non-hydrogen) atoms. The number of nitrogens with one attached hydrogen (secondary N) is 3. The molecule has 2 aromatic rings. The number of likely N-dealkylation sites (N-methyl/N-ethyl adjacent to an activating group) is 1. The quantitative estimate of drug-likeness (QED) is 0.377. The van der Waals surface area contributed by atoms with Crippen LogP contribution < -0.4 is 20.8 Å². The molecule has 2 rings (SSSR count). The highest BCUT2D eigenvalue weighted by molar-refractivity contribution is 6.34. The Balaban J connectivity index is 1.80. The summed E-state index contributed by atoms with van der Waals surface area (Å²) >= 11 is 0. The van der Waals surface area contributed by atoms with Crippen molar-refractivity contribution in [1.29, 1.82) is 0 Å². The Labute approximate surface area is 156 Å². The van der Waals surface area contributed by atoms with Crippen molar-refractivity contribution in [2.24, 2.45) is 5.10 Å². The van der Waals surface area contributed by atoms with Crippen LogP contribution >= 0.6 is 0 Å². The normalized spacial score (nSPS) is 10.3. The van der Waals surface area contributed by atoms with Crippen LogP contribution in [0.15, 0.2) is 59.7 Å². The maximum Gasteiger partial charge on any atom is 0.329 e. The first-order valence-corrected chi connectivity index (χ1v) is 8.17. The minimum atomic E-state index is -0.865. The van der Waals surface area contributed by atoms with E-state index in [1.807, 2.05) is 30.3 Å². The largest absolute Gasteiger partial charge is 0.484 e. The van der Waals surface area contributed by atoms with Crippen LogP contribution in [0, 0.1) is 0 Å². The molecule has 8 heteroatoms. The molecule has 2 aromatic carbocycles. The second kappa shape index (κ2) is 10.3. The van der Waals surface area contributed by atoms with Crippen molar-refractivity contribution in [2.45, 2.75) is 6.54 Å². The summed E-state index contributed by atoms with van der Waals surface area (Å²) in [6, 6.07) is 16.4. The topological polar surface area (TPSA) is 109 Å². The Hall–Kier alpha value is -3.68. The molecule has 8 nitrogen and oxygen atoms in total. The predicted octanol–water partition coefficient (Wildman–Crippen LogP) is 0.578. The average Bonchev–Trinajstić information content (AvgIpc) is 2.71. The highest BCUT2D eigenvalue weighted by atomic mass is 16.5. The second-order valence-corrected chi connectivity index (χ2v) is 5.40. The van der Waals surface area contributed by atoms with Gasteiger partial charge in [0.25, 0.3) is 5.91 Å². The van der Waals surface area contributed by atoms with Gasteiger partial charge < -0.3 is 15.4 Å². The lowest BCUT2D eigenvalue weighted by Crippen LogP contribution is -2.35. The highest BCUT2D eigenvalue weighted by Gasteiger charge is 2.08. The lowest BCUT2D eigenvalue weighted by atomic mass is 10.2. The fraction of sp³-hybridized carbons (Fsp3) is 0.158. The summed E-state index contributed by atoms with van der Waals surface area (Å²) in [4.78, 5) is 34.2. The highest BCUT2D eigenvalue weighted by Crippen LogP contribution is 2.11. The van der Waals surface area contributed by atoms with E-state index in [0.717, 1.165) is 5.56 Å². The molecule has 0 aliphatic carbocycles. The van der Waals surface area contributed by atoms with Crippen molar-refractivity contribution >= 4 is 23.9 Å². The number of carbonyl (C=O) groups excluding carboxylic acids is 3. The first-order valence-electron chi connectivity index (χ1n) is 8.17. The molecule has 0 spiro atoms. The summed E-state index contributed by atoms with van der Waals surface area (Å²) in [5, 5.41) is 8.65. The van der Waals surface area contributed by atoms with Crippen molar-refractivity contribution < 1.29 is 19.1 Å². The molecule has 0 aromatic heterocycles. The van der Waals surface area contributed by atoms with E-state index < -0.39 is 11.8 Å². The van der Waals surface area contributed by atoms with Gasteiger partial charge in [0.15, 0.2) is 6.61 Å². The maximum atomic E-state index is 11.9. The first-order chi connectivity index (χ1) is 13.1. The van der Waals surface area contributed by atoms with Crippen LogP contribution in [0.4, 0.5) is 0 Å². The van der Waals surface area contributed by atoms with E-state index in [9.17, 15) is 14.4 Å². The zero-order valence-corrected chi connectivity index (χ0v) is 14.8. The number of amides is 3. The summed E-state index contributed by atoms with van der Waals surface area (Å²) in [5.74, 6) is -1.41. The van der Waals surface area contributed by atoms with E-state index in [0.29, 0.717) is 17.9 Å². The molecule has 0 saturated heterocycles. The van der Waals surface area contributed by atoms with Gasteiger partial charge in [-0.2, -0.15) is 5.10 Å². The van der Waals surface area contributed by atoms with Crippen LogP contribution in [0.3, 0.4) is 0 Å². The van der Waals surface area contributed by atoms with E-state index >= 15 is 0 Å². The SMILES string of the molecule is CNC(=O)C(=O)N/N=C\c1cccc(OCC(=O)NCc2ccccc2)c1. The Morgan fingerprint density at radius 1 is 1.04 bits per heavy atom. The fourth-order valence-corrected chi connectivity index (χ4v) is 2.01. The first kappa shape index (κ1) is 19.6. The molecule has 0 aliphatic heterocycles. The van der Waals surface area contributed by atoms with Crippen LogP contribution in [0.2, 0.25) is 0 Å². The molecule has 0 atom stereocenters. The van der Waals surface area contributed by atoms with Crippen molar-refractivity contribution in [3.8, 4) is 5.75 Å². The zero-order valence-electron chi connectivity index (χ0n) is 14.8. The van der Waals surface area contributed by atoms with Crippen LogP contribution in [-0.2, 0) is 20.9 Å². The summed E-state index contributed by atoms with van der Waals surface area (Å²) in [7, 11) is 1.35. The van der Waals surface area contributed by atoms with Gasteiger partial charge in [-0.1, -0.05) is 42.5 Å². The molecule has 0 radical (unpaired) electrons. The number of hydrogen-bond donors (Lipinski definition) is 3. The molecular formula is C19H20N4O4. The van der Waals surface area contributed by atoms with Crippen molar-refractivity contribution in [3.05, 3.63) is 65.7 Å². The monoisotopic (exact) mass is 368 g/mol. The van der Waals surface area contributed by atoms with E-state index in [4.69, 9.17) is 4.74 Å². The summed E-state index contributed by atoms with van der Waals surface area (Å²) in [6.45, 7) is 0.307. The lowest BCUT2D eigenvalue weighted by Gasteiger charge is -2.08. The Morgan fingerprint density at radius 3 is 2.56 bits per heavy atom. The Morgan fingerprint density at radius 2 is 1.81 bits per heavy atom. The van der Waals surface area contributed by atoms with Gasteiger partial charge >= 0.3 is 11.8 Å². The van der Waals surface area contributed by atoms with E-state index in [1.54, 1.807) is 24.3 Å². The molecule has 0 heterocycles. The second-order valence-electron chi connectivity index (χ2n) is 5.40. The van der Waals surface area contributed by atoms with Crippen molar-refractivity contribution in [3.63, 3.8) is 0 Å². The standard InChI is InChI=1S/C19H20N4O4/c1-20-18(25)19(26)23-22-12-15-8-5-9-16(10-15)27-13-17(24)21-11-14-6-3-2-4-7-14/h2-10,12H,11,13H2,1H3,(H,20,25)(H,21,24)(H,23,26)/b22-12-. The number of nitrogens with zero attached hydrogens (tertiary/aromatic N) is 1. The van der Waals surface area contributed by atoms with Crippen molar-refractivity contribution in [2.75, 3.05) is 13.7 Å². The van der Waals surface area contributed by atoms with Crippen LogP contribution in [0.1, 0.15) is 11.1 Å². The third kappa shape index (κ3) is 6.99. The molecule has 0 aliphatic rings. The van der Waals surface area contributed by atoms with Crippen LogP contribution in [0.25, 0.3) is 0 Å². The molecule has 0 bridgehead atoms. The van der Waals surface area contributed by atoms with Crippen molar-refractivity contribution in [1.82, 2.24) is 16.1 Å². The van der Waals surface area contributed by atoms with E-state index in [1.165, 1.54) is 13.3 Å². The maximum absolute atomic E-state index is 11.9. The molecule has 0 saturated carbocycles.